The first-order chi connectivity index (χ1) is 17.2. The summed E-state index contributed by atoms with van der Waals surface area (Å²) >= 11 is 7.38. The van der Waals surface area contributed by atoms with Crippen molar-refractivity contribution < 1.29 is 14.7 Å². The first kappa shape index (κ1) is 24.0. The third kappa shape index (κ3) is 4.04. The maximum Gasteiger partial charge on any atom is 0.301 e. The van der Waals surface area contributed by atoms with Crippen molar-refractivity contribution in [2.75, 3.05) is 23.9 Å². The second-order valence-electron chi connectivity index (χ2n) is 9.09. The van der Waals surface area contributed by atoms with Gasteiger partial charge in [-0.25, -0.2) is 4.98 Å². The monoisotopic (exact) mass is 517 g/mol. The minimum Gasteiger partial charge on any atom is -0.507 e. The summed E-state index contributed by atoms with van der Waals surface area (Å²) < 4.78 is 0.934. The maximum atomic E-state index is 13.5. The number of aliphatic hydroxyl groups excluding tert-OH is 1. The van der Waals surface area contributed by atoms with E-state index >= 15 is 0 Å². The van der Waals surface area contributed by atoms with Crippen molar-refractivity contribution in [3.05, 3.63) is 93.5 Å². The highest BCUT2D eigenvalue weighted by Gasteiger charge is 2.48. The van der Waals surface area contributed by atoms with Gasteiger partial charge in [-0.2, -0.15) is 0 Å². The van der Waals surface area contributed by atoms with Gasteiger partial charge in [0.25, 0.3) is 5.78 Å². The Kier molecular flexibility index (Phi) is 6.06. The van der Waals surface area contributed by atoms with Gasteiger partial charge in [-0.1, -0.05) is 41.1 Å². The van der Waals surface area contributed by atoms with E-state index in [9.17, 15) is 14.7 Å². The predicted octanol–water partition coefficient (Wildman–Crippen LogP) is 6.26. The summed E-state index contributed by atoms with van der Waals surface area (Å²) in [5.74, 6) is -1.72. The van der Waals surface area contributed by atoms with Crippen molar-refractivity contribution in [2.45, 2.75) is 19.9 Å². The number of carbonyl (C=O) groups excluding carboxylic acids is 2. The molecule has 0 saturated carbocycles. The van der Waals surface area contributed by atoms with Crippen molar-refractivity contribution >= 4 is 61.4 Å². The van der Waals surface area contributed by atoms with Gasteiger partial charge in [0, 0.05) is 30.4 Å². The zero-order chi connectivity index (χ0) is 25.7. The fourth-order valence-corrected chi connectivity index (χ4v) is 5.82. The summed E-state index contributed by atoms with van der Waals surface area (Å²) in [6.45, 7) is 3.99. The number of hydrogen-bond acceptors (Lipinski definition) is 6. The van der Waals surface area contributed by atoms with E-state index in [0.717, 1.165) is 27.0 Å². The Morgan fingerprint density at radius 1 is 1.03 bits per heavy atom. The first-order valence-electron chi connectivity index (χ1n) is 11.4. The number of hydrogen-bond donors (Lipinski definition) is 1. The first-order valence-corrected chi connectivity index (χ1v) is 12.6. The van der Waals surface area contributed by atoms with Crippen LogP contribution >= 0.6 is 22.9 Å². The number of aryl methyl sites for hydroxylation is 2. The number of rotatable bonds is 4. The molecule has 0 bridgehead atoms. The molecular formula is C28H24ClN3O3S. The van der Waals surface area contributed by atoms with E-state index in [2.05, 4.69) is 0 Å². The molecule has 1 unspecified atom stereocenters. The molecule has 36 heavy (non-hydrogen) atoms. The third-order valence-electron chi connectivity index (χ3n) is 6.31. The summed E-state index contributed by atoms with van der Waals surface area (Å²) in [5.41, 5.74) is 4.98. The fraction of sp³-hybridized carbons (Fsp3) is 0.179. The highest BCUT2D eigenvalue weighted by molar-refractivity contribution is 7.22. The van der Waals surface area contributed by atoms with Crippen molar-refractivity contribution in [3.8, 4) is 0 Å². The summed E-state index contributed by atoms with van der Waals surface area (Å²) in [6.07, 6.45) is 0. The van der Waals surface area contributed by atoms with Crippen LogP contribution < -0.4 is 9.80 Å². The Bertz CT molecular complexity index is 1540. The minimum absolute atomic E-state index is 0.0204. The maximum absolute atomic E-state index is 13.5. The largest absolute Gasteiger partial charge is 0.507 e. The smallest absolute Gasteiger partial charge is 0.301 e. The van der Waals surface area contributed by atoms with E-state index in [1.165, 1.54) is 16.2 Å². The van der Waals surface area contributed by atoms with Crippen molar-refractivity contribution in [2.24, 2.45) is 0 Å². The van der Waals surface area contributed by atoms with E-state index in [1.54, 1.807) is 24.3 Å². The van der Waals surface area contributed by atoms with Crippen LogP contribution in [0.2, 0.25) is 5.02 Å². The second kappa shape index (κ2) is 9.08. The highest BCUT2D eigenvalue weighted by Crippen LogP contribution is 2.45. The van der Waals surface area contributed by atoms with Gasteiger partial charge in [0.15, 0.2) is 5.13 Å². The quantitative estimate of drug-likeness (QED) is 0.196. The number of aliphatic hydroxyl groups is 1. The molecule has 5 rings (SSSR count). The number of amides is 1. The molecule has 1 fully saturated rings. The van der Waals surface area contributed by atoms with E-state index in [-0.39, 0.29) is 11.3 Å². The summed E-state index contributed by atoms with van der Waals surface area (Å²) in [7, 11) is 3.88. The SMILES string of the molecule is Cc1cc(C)c2nc(N3C(=O)C(=O)/C(=C(/O)c4ccc(Cl)cc4)C3c3ccc(N(C)C)cc3)sc2c1. The zero-order valence-corrected chi connectivity index (χ0v) is 21.8. The molecule has 1 saturated heterocycles. The van der Waals surface area contributed by atoms with Crippen LogP contribution in [0.4, 0.5) is 10.8 Å². The van der Waals surface area contributed by atoms with Gasteiger partial charge in [0.2, 0.25) is 0 Å². The Balaban J connectivity index is 1.73. The molecule has 182 valence electrons. The van der Waals surface area contributed by atoms with Crippen molar-refractivity contribution in [1.82, 2.24) is 4.98 Å². The molecule has 0 aliphatic carbocycles. The van der Waals surface area contributed by atoms with Crippen LogP contribution in [0.25, 0.3) is 16.0 Å². The van der Waals surface area contributed by atoms with Crippen LogP contribution in [0.5, 0.6) is 0 Å². The number of ketones is 1. The molecule has 1 aromatic heterocycles. The van der Waals surface area contributed by atoms with Crippen LogP contribution in [0, 0.1) is 13.8 Å². The molecule has 3 aromatic carbocycles. The number of nitrogens with zero attached hydrogens (tertiary/aromatic N) is 3. The van der Waals surface area contributed by atoms with Gasteiger partial charge in [0.1, 0.15) is 5.76 Å². The molecule has 8 heteroatoms. The minimum atomic E-state index is -0.834. The average molecular weight is 518 g/mol. The molecule has 1 atom stereocenters. The molecule has 4 aromatic rings. The highest BCUT2D eigenvalue weighted by atomic mass is 35.5. The lowest BCUT2D eigenvalue weighted by Gasteiger charge is -2.23. The van der Waals surface area contributed by atoms with Gasteiger partial charge >= 0.3 is 5.91 Å². The number of fused-ring (bicyclic) bond motifs is 1. The number of thiazole rings is 1. The van der Waals surface area contributed by atoms with Crippen LogP contribution in [0.15, 0.2) is 66.2 Å². The molecular weight excluding hydrogens is 494 g/mol. The summed E-state index contributed by atoms with van der Waals surface area (Å²) in [4.78, 5) is 35.0. The lowest BCUT2D eigenvalue weighted by Crippen LogP contribution is -2.29. The van der Waals surface area contributed by atoms with Gasteiger partial charge < -0.3 is 10.0 Å². The number of halogens is 1. The van der Waals surface area contributed by atoms with Gasteiger partial charge in [-0.15, -0.1) is 0 Å². The topological polar surface area (TPSA) is 73.7 Å². The number of benzene rings is 3. The number of aromatic nitrogens is 1. The van der Waals surface area contributed by atoms with Crippen molar-refractivity contribution in [3.63, 3.8) is 0 Å². The Morgan fingerprint density at radius 3 is 2.33 bits per heavy atom. The second-order valence-corrected chi connectivity index (χ2v) is 10.5. The zero-order valence-electron chi connectivity index (χ0n) is 20.2. The van der Waals surface area contributed by atoms with Crippen LogP contribution in [0.3, 0.4) is 0 Å². The molecule has 6 nitrogen and oxygen atoms in total. The Hall–Kier alpha value is -3.68. The molecule has 0 spiro atoms. The lowest BCUT2D eigenvalue weighted by molar-refractivity contribution is -0.132. The lowest BCUT2D eigenvalue weighted by atomic mass is 9.95. The molecule has 1 aliphatic rings. The van der Waals surface area contributed by atoms with E-state index in [4.69, 9.17) is 16.6 Å². The van der Waals surface area contributed by atoms with E-state index in [1.807, 2.05) is 69.2 Å². The predicted molar refractivity (Wildman–Crippen MR) is 146 cm³/mol. The normalized spacial score (nSPS) is 17.2. The van der Waals surface area contributed by atoms with Crippen LogP contribution in [-0.2, 0) is 9.59 Å². The van der Waals surface area contributed by atoms with Gasteiger partial charge in [-0.05, 0) is 73.0 Å². The van der Waals surface area contributed by atoms with Crippen LogP contribution in [0.1, 0.15) is 28.3 Å². The molecule has 1 N–H and O–H groups in total. The number of anilines is 2. The van der Waals surface area contributed by atoms with Gasteiger partial charge in [0.05, 0.1) is 21.8 Å². The third-order valence-corrected chi connectivity index (χ3v) is 7.57. The molecule has 1 aliphatic heterocycles. The van der Waals surface area contributed by atoms with E-state index in [0.29, 0.717) is 21.3 Å². The fourth-order valence-electron chi connectivity index (χ4n) is 4.53. The molecule has 2 heterocycles. The number of carbonyl (C=O) groups is 2. The standard InChI is InChI=1S/C28H24ClN3O3S/c1-15-13-16(2)23-21(14-15)36-28(30-23)32-24(17-7-11-20(12-8-17)31(3)4)22(26(34)27(32)35)25(33)18-5-9-19(29)10-6-18/h5-14,24,33H,1-4H3/b25-22+. The van der Waals surface area contributed by atoms with Crippen molar-refractivity contribution in [1.29, 1.82) is 0 Å². The summed E-state index contributed by atoms with van der Waals surface area (Å²) in [6, 6.07) is 17.3. The number of Topliss-reactive ketones (excluding diaryl/α,β-unsaturated/α-hetero) is 1. The Morgan fingerprint density at radius 2 is 1.69 bits per heavy atom. The average Bonchev–Trinajstić information content (AvgIpc) is 3.38. The molecule has 0 radical (unpaired) electrons. The summed E-state index contributed by atoms with van der Waals surface area (Å²) in [5, 5.41) is 12.2. The molecule has 1 amide bonds. The van der Waals surface area contributed by atoms with Crippen LogP contribution in [-0.4, -0.2) is 35.9 Å². The Labute approximate surface area is 218 Å². The van der Waals surface area contributed by atoms with Gasteiger partial charge in [-0.3, -0.25) is 14.5 Å². The van der Waals surface area contributed by atoms with E-state index < -0.39 is 17.7 Å².